The molecule has 1 atom stereocenters. The number of benzene rings is 1. The molecule has 1 aromatic carbocycles. The standard InChI is InChI=1S/C19H28N2O4/c1-5-9-20(10-6-2)19(23)14-11-18(22)21(13-14)16-12-15(24-3)7-8-17(16)25-4/h7-8,12,14H,5-6,9-11,13H2,1-4H3/t14-/m1/s1. The van der Waals surface area contributed by atoms with E-state index in [1.807, 2.05) is 4.90 Å². The minimum atomic E-state index is -0.304. The molecule has 0 unspecified atom stereocenters. The topological polar surface area (TPSA) is 59.1 Å². The third-order valence-electron chi connectivity index (χ3n) is 4.45. The maximum atomic E-state index is 12.8. The summed E-state index contributed by atoms with van der Waals surface area (Å²) >= 11 is 0. The van der Waals surface area contributed by atoms with E-state index in [4.69, 9.17) is 9.47 Å². The van der Waals surface area contributed by atoms with Gasteiger partial charge in [0.2, 0.25) is 11.8 Å². The van der Waals surface area contributed by atoms with Gasteiger partial charge in [-0.15, -0.1) is 0 Å². The van der Waals surface area contributed by atoms with Crippen LogP contribution in [0.4, 0.5) is 5.69 Å². The van der Waals surface area contributed by atoms with Crippen LogP contribution in [0, 0.1) is 5.92 Å². The summed E-state index contributed by atoms with van der Waals surface area (Å²) in [4.78, 5) is 28.9. The molecule has 2 amide bonds. The quantitative estimate of drug-likeness (QED) is 0.725. The molecule has 0 saturated carbocycles. The van der Waals surface area contributed by atoms with E-state index in [0.29, 0.717) is 23.7 Å². The van der Waals surface area contributed by atoms with E-state index >= 15 is 0 Å². The number of anilines is 1. The van der Waals surface area contributed by atoms with Crippen LogP contribution in [0.1, 0.15) is 33.1 Å². The molecule has 0 spiro atoms. The van der Waals surface area contributed by atoms with Crippen LogP contribution in [0.2, 0.25) is 0 Å². The summed E-state index contributed by atoms with van der Waals surface area (Å²) in [5, 5.41) is 0. The highest BCUT2D eigenvalue weighted by atomic mass is 16.5. The lowest BCUT2D eigenvalue weighted by Crippen LogP contribution is -2.38. The average Bonchev–Trinajstić information content (AvgIpc) is 3.01. The van der Waals surface area contributed by atoms with Crippen molar-refractivity contribution in [3.05, 3.63) is 18.2 Å². The fourth-order valence-corrected chi connectivity index (χ4v) is 3.24. The zero-order valence-electron chi connectivity index (χ0n) is 15.6. The van der Waals surface area contributed by atoms with Crippen molar-refractivity contribution in [3.8, 4) is 11.5 Å². The molecule has 1 saturated heterocycles. The Kier molecular flexibility index (Phi) is 6.67. The number of methoxy groups -OCH3 is 2. The van der Waals surface area contributed by atoms with Crippen molar-refractivity contribution in [3.63, 3.8) is 0 Å². The lowest BCUT2D eigenvalue weighted by Gasteiger charge is -2.25. The van der Waals surface area contributed by atoms with Crippen molar-refractivity contribution in [2.75, 3.05) is 38.8 Å². The highest BCUT2D eigenvalue weighted by molar-refractivity contribution is 6.01. The van der Waals surface area contributed by atoms with E-state index in [-0.39, 0.29) is 24.2 Å². The SMILES string of the molecule is CCCN(CCC)C(=O)[C@@H]1CC(=O)N(c2cc(OC)ccc2OC)C1. The predicted octanol–water partition coefficient (Wildman–Crippen LogP) is 2.71. The maximum absolute atomic E-state index is 12.8. The van der Waals surface area contributed by atoms with Crippen LogP contribution in [0.3, 0.4) is 0 Å². The van der Waals surface area contributed by atoms with Gasteiger partial charge < -0.3 is 19.3 Å². The van der Waals surface area contributed by atoms with Gasteiger partial charge in [0.25, 0.3) is 0 Å². The molecule has 138 valence electrons. The van der Waals surface area contributed by atoms with Gasteiger partial charge in [-0.25, -0.2) is 0 Å². The van der Waals surface area contributed by atoms with Crippen molar-refractivity contribution >= 4 is 17.5 Å². The highest BCUT2D eigenvalue weighted by Crippen LogP contribution is 2.36. The van der Waals surface area contributed by atoms with Crippen LogP contribution in [-0.2, 0) is 9.59 Å². The number of rotatable bonds is 8. The van der Waals surface area contributed by atoms with Gasteiger partial charge in [0.1, 0.15) is 11.5 Å². The number of hydrogen-bond donors (Lipinski definition) is 0. The molecule has 0 N–H and O–H groups in total. The largest absolute Gasteiger partial charge is 0.497 e. The lowest BCUT2D eigenvalue weighted by atomic mass is 10.1. The first-order valence-electron chi connectivity index (χ1n) is 8.86. The molecule has 25 heavy (non-hydrogen) atoms. The van der Waals surface area contributed by atoms with Gasteiger partial charge >= 0.3 is 0 Å². The molecule has 1 aliphatic heterocycles. The van der Waals surface area contributed by atoms with E-state index < -0.39 is 0 Å². The fourth-order valence-electron chi connectivity index (χ4n) is 3.24. The van der Waals surface area contributed by atoms with Crippen LogP contribution >= 0.6 is 0 Å². The smallest absolute Gasteiger partial charge is 0.228 e. The van der Waals surface area contributed by atoms with Gasteiger partial charge in [0.15, 0.2) is 0 Å². The van der Waals surface area contributed by atoms with Gasteiger partial charge in [-0.2, -0.15) is 0 Å². The monoisotopic (exact) mass is 348 g/mol. The van der Waals surface area contributed by atoms with Gasteiger partial charge in [-0.05, 0) is 25.0 Å². The van der Waals surface area contributed by atoms with Gasteiger partial charge in [-0.1, -0.05) is 13.8 Å². The van der Waals surface area contributed by atoms with Crippen molar-refractivity contribution in [2.24, 2.45) is 5.92 Å². The molecular formula is C19H28N2O4. The number of ether oxygens (including phenoxy) is 2. The Labute approximate surface area is 149 Å². The third kappa shape index (κ3) is 4.24. The van der Waals surface area contributed by atoms with E-state index in [9.17, 15) is 9.59 Å². The summed E-state index contributed by atoms with van der Waals surface area (Å²) in [7, 11) is 3.15. The molecule has 0 aromatic heterocycles. The Hall–Kier alpha value is -2.24. The normalized spacial score (nSPS) is 16.9. The van der Waals surface area contributed by atoms with E-state index in [2.05, 4.69) is 13.8 Å². The van der Waals surface area contributed by atoms with Crippen LogP contribution in [0.5, 0.6) is 11.5 Å². The molecule has 6 heteroatoms. The fraction of sp³-hybridized carbons (Fsp3) is 0.579. The first-order valence-corrected chi connectivity index (χ1v) is 8.86. The number of hydrogen-bond acceptors (Lipinski definition) is 4. The van der Waals surface area contributed by atoms with Crippen LogP contribution in [0.25, 0.3) is 0 Å². The first kappa shape index (κ1) is 19.1. The zero-order valence-corrected chi connectivity index (χ0v) is 15.6. The Balaban J connectivity index is 2.21. The molecule has 1 heterocycles. The van der Waals surface area contributed by atoms with Crippen LogP contribution in [-0.4, -0.2) is 50.6 Å². The predicted molar refractivity (Wildman–Crippen MR) is 97.2 cm³/mol. The molecular weight excluding hydrogens is 320 g/mol. The molecule has 6 nitrogen and oxygen atoms in total. The van der Waals surface area contributed by atoms with Crippen molar-refractivity contribution in [1.29, 1.82) is 0 Å². The van der Waals surface area contributed by atoms with Crippen molar-refractivity contribution in [2.45, 2.75) is 33.1 Å². The molecule has 2 rings (SSSR count). The number of nitrogens with zero attached hydrogens (tertiary/aromatic N) is 2. The zero-order chi connectivity index (χ0) is 18.4. The Bertz CT molecular complexity index is 611. The summed E-state index contributed by atoms with van der Waals surface area (Å²) in [5.41, 5.74) is 0.652. The molecule has 1 fully saturated rings. The van der Waals surface area contributed by atoms with E-state index in [0.717, 1.165) is 25.9 Å². The summed E-state index contributed by atoms with van der Waals surface area (Å²) in [6, 6.07) is 5.34. The van der Waals surface area contributed by atoms with Gasteiger partial charge in [0.05, 0.1) is 25.8 Å². The van der Waals surface area contributed by atoms with Crippen LogP contribution in [0.15, 0.2) is 18.2 Å². The second-order valence-electron chi connectivity index (χ2n) is 6.27. The lowest BCUT2D eigenvalue weighted by molar-refractivity contribution is -0.135. The Morgan fingerprint density at radius 3 is 2.44 bits per heavy atom. The number of carbonyl (C=O) groups excluding carboxylic acids is 2. The Morgan fingerprint density at radius 2 is 1.88 bits per heavy atom. The van der Waals surface area contributed by atoms with E-state index in [1.165, 1.54) is 0 Å². The second kappa shape index (κ2) is 8.74. The van der Waals surface area contributed by atoms with Crippen molar-refractivity contribution in [1.82, 2.24) is 4.90 Å². The average molecular weight is 348 g/mol. The molecule has 0 aliphatic carbocycles. The third-order valence-corrected chi connectivity index (χ3v) is 4.45. The maximum Gasteiger partial charge on any atom is 0.228 e. The minimum Gasteiger partial charge on any atom is -0.497 e. The van der Waals surface area contributed by atoms with Gasteiger partial charge in [0, 0.05) is 32.1 Å². The summed E-state index contributed by atoms with van der Waals surface area (Å²) < 4.78 is 10.6. The molecule has 1 aromatic rings. The minimum absolute atomic E-state index is 0.0575. The highest BCUT2D eigenvalue weighted by Gasteiger charge is 2.38. The van der Waals surface area contributed by atoms with Crippen LogP contribution < -0.4 is 14.4 Å². The van der Waals surface area contributed by atoms with E-state index in [1.54, 1.807) is 37.3 Å². The summed E-state index contributed by atoms with van der Waals surface area (Å²) in [5.74, 6) is 0.957. The Morgan fingerprint density at radius 1 is 1.20 bits per heavy atom. The number of carbonyl (C=O) groups is 2. The van der Waals surface area contributed by atoms with Crippen molar-refractivity contribution < 1.29 is 19.1 Å². The molecule has 1 aliphatic rings. The molecule has 0 bridgehead atoms. The number of amides is 2. The second-order valence-corrected chi connectivity index (χ2v) is 6.27. The summed E-state index contributed by atoms with van der Waals surface area (Å²) in [6.07, 6.45) is 2.07. The van der Waals surface area contributed by atoms with Gasteiger partial charge in [-0.3, -0.25) is 9.59 Å². The first-order chi connectivity index (χ1) is 12.0. The molecule has 0 radical (unpaired) electrons. The summed E-state index contributed by atoms with van der Waals surface area (Å²) in [6.45, 7) is 5.97.